The first-order valence-electron chi connectivity index (χ1n) is 12.2. The van der Waals surface area contributed by atoms with Crippen molar-refractivity contribution in [1.29, 1.82) is 0 Å². The van der Waals surface area contributed by atoms with Crippen molar-refractivity contribution in [3.8, 4) is 11.4 Å². The minimum Gasteiger partial charge on any atom is -0.460 e. The summed E-state index contributed by atoms with van der Waals surface area (Å²) in [5, 5.41) is 0. The van der Waals surface area contributed by atoms with Crippen LogP contribution in [0.15, 0.2) is 71.8 Å². The van der Waals surface area contributed by atoms with Gasteiger partial charge in [-0.05, 0) is 48.6 Å². The molecule has 1 atom stereocenters. The number of imidazole rings is 1. The predicted octanol–water partition coefficient (Wildman–Crippen LogP) is 4.59. The molecule has 0 fully saturated rings. The smallest absolute Gasteiger partial charge is 0.324 e. The van der Waals surface area contributed by atoms with Crippen LogP contribution in [-0.4, -0.2) is 46.7 Å². The van der Waals surface area contributed by atoms with E-state index in [9.17, 15) is 13.2 Å². The second-order valence-electron chi connectivity index (χ2n) is 9.54. The van der Waals surface area contributed by atoms with Gasteiger partial charge in [0, 0.05) is 25.4 Å². The van der Waals surface area contributed by atoms with Crippen LogP contribution >= 0.6 is 0 Å². The Hall–Kier alpha value is -3.56. The molecule has 1 N–H and O–H groups in total. The Kier molecular flexibility index (Phi) is 8.04. The molecule has 8 nitrogen and oxygen atoms in total. The topological polar surface area (TPSA) is 105 Å². The molecule has 0 saturated heterocycles. The van der Waals surface area contributed by atoms with E-state index in [0.29, 0.717) is 18.7 Å². The largest absolute Gasteiger partial charge is 0.460 e. The van der Waals surface area contributed by atoms with Gasteiger partial charge in [-0.2, -0.15) is 4.31 Å². The molecule has 0 spiro atoms. The Morgan fingerprint density at radius 2 is 1.70 bits per heavy atom. The zero-order chi connectivity index (χ0) is 26.6. The first-order valence-corrected chi connectivity index (χ1v) is 13.7. The molecular formula is C28H32N4O4S. The summed E-state index contributed by atoms with van der Waals surface area (Å²) < 4.78 is 33.6. The molecule has 2 aromatic rings. The van der Waals surface area contributed by atoms with Gasteiger partial charge >= 0.3 is 5.97 Å². The lowest BCUT2D eigenvalue weighted by molar-refractivity contribution is -0.149. The molecule has 4 rings (SSSR count). The van der Waals surface area contributed by atoms with E-state index in [1.165, 1.54) is 7.05 Å². The molecule has 9 heteroatoms. The van der Waals surface area contributed by atoms with Gasteiger partial charge in [-0.25, -0.2) is 18.4 Å². The van der Waals surface area contributed by atoms with Crippen LogP contribution in [0.3, 0.4) is 0 Å². The Balaban J connectivity index is 1.50. The number of carbonyl (C=O) groups is 1. The summed E-state index contributed by atoms with van der Waals surface area (Å²) in [7, 11) is -2.49. The summed E-state index contributed by atoms with van der Waals surface area (Å²) >= 11 is 0. The van der Waals surface area contributed by atoms with E-state index in [4.69, 9.17) is 4.74 Å². The van der Waals surface area contributed by atoms with Crippen molar-refractivity contribution in [2.75, 3.05) is 7.05 Å². The van der Waals surface area contributed by atoms with Crippen molar-refractivity contribution in [3.05, 3.63) is 89.5 Å². The molecule has 0 saturated carbocycles. The number of nitrogens with zero attached hydrogens (tertiary/aromatic N) is 3. The molecule has 2 heterocycles. The lowest BCUT2D eigenvalue weighted by Crippen LogP contribution is -2.44. The summed E-state index contributed by atoms with van der Waals surface area (Å²) in [4.78, 5) is 25.2. The molecular weight excluding hydrogens is 488 g/mol. The van der Waals surface area contributed by atoms with Crippen molar-refractivity contribution in [2.24, 2.45) is 5.92 Å². The molecule has 2 aliphatic rings. The van der Waals surface area contributed by atoms with Crippen LogP contribution in [0.5, 0.6) is 0 Å². The monoisotopic (exact) mass is 520 g/mol. The highest BCUT2D eigenvalue weighted by atomic mass is 32.2. The molecule has 0 amide bonds. The maximum Gasteiger partial charge on any atom is 0.324 e. The number of aryl methyl sites for hydroxylation is 1. The second-order valence-corrected chi connectivity index (χ2v) is 11.5. The van der Waals surface area contributed by atoms with Gasteiger partial charge in [0.2, 0.25) is 10.0 Å². The van der Waals surface area contributed by atoms with Crippen molar-refractivity contribution < 1.29 is 17.9 Å². The van der Waals surface area contributed by atoms with Gasteiger partial charge in [0.15, 0.2) is 0 Å². The average molecular weight is 521 g/mol. The fourth-order valence-electron chi connectivity index (χ4n) is 4.22. The van der Waals surface area contributed by atoms with E-state index < -0.39 is 22.0 Å². The van der Waals surface area contributed by atoms with Gasteiger partial charge in [-0.15, -0.1) is 0 Å². The SMILES string of the molecule is Cc1nc2cc[nH]c(Cc3ccc(S(=O)(=O)N(C)[C@@H](CC(C)C)C(=O)OCc4ccccc4)cc3)c-2n1. The van der Waals surface area contributed by atoms with Gasteiger partial charge in [-0.1, -0.05) is 56.3 Å². The fraction of sp³-hybridized carbons (Fsp3) is 0.321. The number of aromatic amines is 1. The molecule has 2 aliphatic heterocycles. The maximum absolute atomic E-state index is 13.5. The van der Waals surface area contributed by atoms with Crippen LogP contribution in [0.4, 0.5) is 0 Å². The zero-order valence-electron chi connectivity index (χ0n) is 21.5. The minimum absolute atomic E-state index is 0.0912. The van der Waals surface area contributed by atoms with Crippen LogP contribution in [0.2, 0.25) is 0 Å². The van der Waals surface area contributed by atoms with Crippen LogP contribution in [0.1, 0.15) is 42.9 Å². The summed E-state index contributed by atoms with van der Waals surface area (Å²) in [5.41, 5.74) is 4.30. The van der Waals surface area contributed by atoms with E-state index >= 15 is 0 Å². The number of hydrogen-bond acceptors (Lipinski definition) is 6. The third-order valence-corrected chi connectivity index (χ3v) is 8.07. The highest BCUT2D eigenvalue weighted by Gasteiger charge is 2.34. The van der Waals surface area contributed by atoms with Crippen LogP contribution in [0.25, 0.3) is 11.4 Å². The lowest BCUT2D eigenvalue weighted by atomic mass is 10.0. The molecule has 0 unspecified atom stereocenters. The summed E-state index contributed by atoms with van der Waals surface area (Å²) in [6.45, 7) is 5.84. The van der Waals surface area contributed by atoms with Crippen LogP contribution in [0, 0.1) is 12.8 Å². The Bertz CT molecular complexity index is 1420. The summed E-state index contributed by atoms with van der Waals surface area (Å²) in [5.74, 6) is 0.240. The molecule has 0 radical (unpaired) electrons. The van der Waals surface area contributed by atoms with E-state index in [-0.39, 0.29) is 17.4 Å². The van der Waals surface area contributed by atoms with Crippen molar-refractivity contribution in [3.63, 3.8) is 0 Å². The summed E-state index contributed by atoms with van der Waals surface area (Å²) in [6.07, 6.45) is 2.72. The number of aromatic nitrogens is 3. The highest BCUT2D eigenvalue weighted by Crippen LogP contribution is 2.25. The van der Waals surface area contributed by atoms with Crippen molar-refractivity contribution >= 4 is 16.0 Å². The minimum atomic E-state index is -3.93. The molecule has 194 valence electrons. The van der Waals surface area contributed by atoms with Crippen LogP contribution < -0.4 is 0 Å². The van der Waals surface area contributed by atoms with E-state index in [1.54, 1.807) is 24.3 Å². The second kappa shape index (κ2) is 11.2. The van der Waals surface area contributed by atoms with Gasteiger partial charge in [0.25, 0.3) is 0 Å². The predicted molar refractivity (Wildman–Crippen MR) is 141 cm³/mol. The zero-order valence-corrected chi connectivity index (χ0v) is 22.3. The Morgan fingerprint density at radius 1 is 1.00 bits per heavy atom. The number of nitrogens with one attached hydrogen (secondary N) is 1. The number of likely N-dealkylation sites (N-methyl/N-ethyl adjacent to an activating group) is 1. The number of rotatable bonds is 10. The molecule has 0 aromatic heterocycles. The first-order chi connectivity index (χ1) is 17.6. The van der Waals surface area contributed by atoms with Crippen LogP contribution in [-0.2, 0) is 32.6 Å². The Morgan fingerprint density at radius 3 is 2.38 bits per heavy atom. The number of hydrogen-bond donors (Lipinski definition) is 1. The van der Waals surface area contributed by atoms with Crippen molar-refractivity contribution in [1.82, 2.24) is 19.3 Å². The molecule has 37 heavy (non-hydrogen) atoms. The van der Waals surface area contributed by atoms with E-state index in [0.717, 1.165) is 32.5 Å². The van der Waals surface area contributed by atoms with Gasteiger partial charge in [0.1, 0.15) is 24.2 Å². The number of H-pyrrole nitrogens is 1. The van der Waals surface area contributed by atoms with Gasteiger partial charge in [0.05, 0.1) is 10.6 Å². The molecule has 2 aromatic carbocycles. The average Bonchev–Trinajstić information content (AvgIpc) is 3.27. The normalized spacial score (nSPS) is 12.8. The third-order valence-electron chi connectivity index (χ3n) is 6.19. The highest BCUT2D eigenvalue weighted by molar-refractivity contribution is 7.89. The summed E-state index contributed by atoms with van der Waals surface area (Å²) in [6, 6.07) is 17.0. The van der Waals surface area contributed by atoms with E-state index in [1.807, 2.05) is 63.4 Å². The number of pyridine rings is 1. The van der Waals surface area contributed by atoms with Gasteiger partial charge < -0.3 is 9.72 Å². The molecule has 0 bridgehead atoms. The Labute approximate surface area is 218 Å². The third kappa shape index (κ3) is 6.23. The maximum atomic E-state index is 13.5. The fourth-order valence-corrected chi connectivity index (χ4v) is 5.54. The molecule has 0 aliphatic carbocycles. The number of benzene rings is 2. The van der Waals surface area contributed by atoms with E-state index in [2.05, 4.69) is 15.0 Å². The number of carbonyl (C=O) groups excluding carboxylic acids is 1. The number of ether oxygens (including phenoxy) is 1. The number of fused-ring (bicyclic) bond motifs is 1. The quantitative estimate of drug-likeness (QED) is 0.307. The lowest BCUT2D eigenvalue weighted by Gasteiger charge is -2.27. The number of esters is 1. The van der Waals surface area contributed by atoms with Gasteiger partial charge in [-0.3, -0.25) is 4.79 Å². The number of sulfonamides is 1. The standard InChI is InChI=1S/C28H32N4O4S/c1-19(2)16-26(28(33)36-18-22-8-6-5-7-9-22)32(4)37(34,35)23-12-10-21(11-13-23)17-25-27-24(14-15-29-25)30-20(3)31-27/h5-15,19,26,29H,16-18H2,1-4H3/t26-/m0/s1. The first kappa shape index (κ1) is 26.5. The van der Waals surface area contributed by atoms with Crippen molar-refractivity contribution in [2.45, 2.75) is 51.2 Å².